The summed E-state index contributed by atoms with van der Waals surface area (Å²) in [7, 11) is 1.63. The molecule has 108 valence electrons. The van der Waals surface area contributed by atoms with Gasteiger partial charge in [0.2, 0.25) is 5.88 Å². The summed E-state index contributed by atoms with van der Waals surface area (Å²) < 4.78 is 10.9. The molecule has 0 saturated heterocycles. The Hall–Kier alpha value is -1.36. The van der Waals surface area contributed by atoms with Crippen LogP contribution in [0.1, 0.15) is 45.9 Å². The molecule has 1 aromatic rings. The highest BCUT2D eigenvalue weighted by Crippen LogP contribution is 2.16. The van der Waals surface area contributed by atoms with Crippen molar-refractivity contribution in [3.05, 3.63) is 11.9 Å². The van der Waals surface area contributed by atoms with Gasteiger partial charge in [0, 0.05) is 19.7 Å². The Kier molecular flexibility index (Phi) is 7.18. The molecule has 1 atom stereocenters. The molecule has 5 nitrogen and oxygen atoms in total. The van der Waals surface area contributed by atoms with Crippen LogP contribution in [0.5, 0.6) is 5.88 Å². The van der Waals surface area contributed by atoms with E-state index in [9.17, 15) is 0 Å². The molecule has 1 rings (SSSR count). The van der Waals surface area contributed by atoms with E-state index in [1.807, 2.05) is 6.07 Å². The van der Waals surface area contributed by atoms with Gasteiger partial charge in [0.05, 0.1) is 6.10 Å². The molecule has 1 N–H and O–H groups in total. The van der Waals surface area contributed by atoms with Crippen molar-refractivity contribution in [3.63, 3.8) is 0 Å². The van der Waals surface area contributed by atoms with E-state index in [1.165, 1.54) is 0 Å². The molecule has 1 heterocycles. The van der Waals surface area contributed by atoms with E-state index in [0.717, 1.165) is 31.6 Å². The summed E-state index contributed by atoms with van der Waals surface area (Å²) >= 11 is 0. The molecule has 1 aromatic heterocycles. The van der Waals surface area contributed by atoms with E-state index in [2.05, 4.69) is 36.1 Å². The van der Waals surface area contributed by atoms with E-state index in [0.29, 0.717) is 18.3 Å². The summed E-state index contributed by atoms with van der Waals surface area (Å²) in [5, 5.41) is 3.25. The van der Waals surface area contributed by atoms with Gasteiger partial charge in [0.1, 0.15) is 12.4 Å². The van der Waals surface area contributed by atoms with Crippen LogP contribution in [0.15, 0.2) is 6.07 Å². The first-order valence-corrected chi connectivity index (χ1v) is 6.97. The minimum absolute atomic E-state index is 0.161. The van der Waals surface area contributed by atoms with Gasteiger partial charge >= 0.3 is 0 Å². The Bertz CT molecular complexity index is 372. The van der Waals surface area contributed by atoms with Gasteiger partial charge < -0.3 is 14.8 Å². The van der Waals surface area contributed by atoms with Crippen molar-refractivity contribution in [1.82, 2.24) is 9.97 Å². The van der Waals surface area contributed by atoms with Crippen LogP contribution in [0.2, 0.25) is 0 Å². The molecule has 5 heteroatoms. The van der Waals surface area contributed by atoms with Gasteiger partial charge in [0.25, 0.3) is 0 Å². The molecule has 0 aliphatic rings. The van der Waals surface area contributed by atoms with Gasteiger partial charge in [-0.1, -0.05) is 20.3 Å². The van der Waals surface area contributed by atoms with Gasteiger partial charge in [-0.2, -0.15) is 4.98 Å². The van der Waals surface area contributed by atoms with Crippen molar-refractivity contribution < 1.29 is 9.47 Å². The zero-order chi connectivity index (χ0) is 14.1. The van der Waals surface area contributed by atoms with Crippen molar-refractivity contribution in [1.29, 1.82) is 0 Å². The van der Waals surface area contributed by atoms with Crippen molar-refractivity contribution in [3.8, 4) is 5.88 Å². The SMILES string of the molecule is CCCNc1cc(OC(C)CCC)nc(COC)n1. The van der Waals surface area contributed by atoms with Crippen LogP contribution in [0.4, 0.5) is 5.82 Å². The number of methoxy groups -OCH3 is 1. The number of nitrogens with one attached hydrogen (secondary N) is 1. The average molecular weight is 267 g/mol. The number of ether oxygens (including phenoxy) is 2. The third-order valence-electron chi connectivity index (χ3n) is 2.60. The van der Waals surface area contributed by atoms with Crippen molar-refractivity contribution in [2.24, 2.45) is 0 Å². The molecular formula is C14H25N3O2. The number of rotatable bonds is 9. The zero-order valence-electron chi connectivity index (χ0n) is 12.4. The fraction of sp³-hybridized carbons (Fsp3) is 0.714. The first-order valence-electron chi connectivity index (χ1n) is 6.97. The molecule has 0 saturated carbocycles. The highest BCUT2D eigenvalue weighted by atomic mass is 16.5. The van der Waals surface area contributed by atoms with Crippen LogP contribution in [0.3, 0.4) is 0 Å². The number of nitrogens with zero attached hydrogens (tertiary/aromatic N) is 2. The lowest BCUT2D eigenvalue weighted by atomic mass is 10.2. The third kappa shape index (κ3) is 5.87. The zero-order valence-corrected chi connectivity index (χ0v) is 12.4. The lowest BCUT2D eigenvalue weighted by Gasteiger charge is -2.14. The largest absolute Gasteiger partial charge is 0.475 e. The van der Waals surface area contributed by atoms with Crippen molar-refractivity contribution in [2.75, 3.05) is 19.0 Å². The molecule has 0 bridgehead atoms. The van der Waals surface area contributed by atoms with E-state index < -0.39 is 0 Å². The van der Waals surface area contributed by atoms with E-state index in [1.54, 1.807) is 7.11 Å². The van der Waals surface area contributed by atoms with Crippen LogP contribution in [-0.4, -0.2) is 29.7 Å². The quantitative estimate of drug-likeness (QED) is 0.745. The lowest BCUT2D eigenvalue weighted by Crippen LogP contribution is -2.14. The minimum atomic E-state index is 0.161. The molecule has 0 aromatic carbocycles. The number of anilines is 1. The summed E-state index contributed by atoms with van der Waals surface area (Å²) in [5.41, 5.74) is 0. The highest BCUT2D eigenvalue weighted by Gasteiger charge is 2.08. The predicted molar refractivity (Wildman–Crippen MR) is 76.5 cm³/mol. The second-order valence-corrected chi connectivity index (χ2v) is 4.58. The van der Waals surface area contributed by atoms with Crippen LogP contribution in [-0.2, 0) is 11.3 Å². The minimum Gasteiger partial charge on any atom is -0.475 e. The molecule has 0 radical (unpaired) electrons. The fourth-order valence-electron chi connectivity index (χ4n) is 1.74. The van der Waals surface area contributed by atoms with E-state index in [-0.39, 0.29) is 6.10 Å². The Morgan fingerprint density at radius 3 is 2.68 bits per heavy atom. The smallest absolute Gasteiger partial charge is 0.219 e. The molecule has 0 amide bonds. The Balaban J connectivity index is 2.79. The fourth-order valence-corrected chi connectivity index (χ4v) is 1.74. The van der Waals surface area contributed by atoms with Crippen LogP contribution < -0.4 is 10.1 Å². The Morgan fingerprint density at radius 1 is 1.26 bits per heavy atom. The van der Waals surface area contributed by atoms with Gasteiger partial charge in [-0.15, -0.1) is 0 Å². The van der Waals surface area contributed by atoms with E-state index >= 15 is 0 Å². The summed E-state index contributed by atoms with van der Waals surface area (Å²) in [6.07, 6.45) is 3.32. The summed E-state index contributed by atoms with van der Waals surface area (Å²) in [6.45, 7) is 7.59. The lowest BCUT2D eigenvalue weighted by molar-refractivity contribution is 0.171. The topological polar surface area (TPSA) is 56.3 Å². The molecule has 0 aliphatic heterocycles. The molecule has 0 spiro atoms. The predicted octanol–water partition coefficient (Wildman–Crippen LogP) is 3.01. The second kappa shape index (κ2) is 8.69. The third-order valence-corrected chi connectivity index (χ3v) is 2.60. The van der Waals surface area contributed by atoms with Crippen molar-refractivity contribution in [2.45, 2.75) is 52.7 Å². The van der Waals surface area contributed by atoms with Crippen LogP contribution >= 0.6 is 0 Å². The molecule has 19 heavy (non-hydrogen) atoms. The van der Waals surface area contributed by atoms with E-state index in [4.69, 9.17) is 9.47 Å². The molecular weight excluding hydrogens is 242 g/mol. The first kappa shape index (κ1) is 15.7. The monoisotopic (exact) mass is 267 g/mol. The van der Waals surface area contributed by atoms with Gasteiger partial charge in [0.15, 0.2) is 5.82 Å². The Labute approximate surface area is 115 Å². The van der Waals surface area contributed by atoms with Crippen LogP contribution in [0, 0.1) is 0 Å². The standard InChI is InChI=1S/C14H25N3O2/c1-5-7-11(3)19-14-9-12(15-8-6-2)16-13(17-14)10-18-4/h9,11H,5-8,10H2,1-4H3,(H,15,16,17). The number of aromatic nitrogens is 2. The Morgan fingerprint density at radius 2 is 2.05 bits per heavy atom. The van der Waals surface area contributed by atoms with Gasteiger partial charge in [-0.25, -0.2) is 4.98 Å². The molecule has 0 fully saturated rings. The number of hydrogen-bond donors (Lipinski definition) is 1. The van der Waals surface area contributed by atoms with Crippen molar-refractivity contribution >= 4 is 5.82 Å². The first-order chi connectivity index (χ1) is 9.19. The van der Waals surface area contributed by atoms with Gasteiger partial charge in [-0.3, -0.25) is 0 Å². The second-order valence-electron chi connectivity index (χ2n) is 4.58. The molecule has 0 aliphatic carbocycles. The maximum absolute atomic E-state index is 5.82. The highest BCUT2D eigenvalue weighted by molar-refractivity contribution is 5.38. The number of hydrogen-bond acceptors (Lipinski definition) is 5. The maximum atomic E-state index is 5.82. The average Bonchev–Trinajstić information content (AvgIpc) is 2.36. The summed E-state index contributed by atoms with van der Waals surface area (Å²) in [4.78, 5) is 8.74. The normalized spacial score (nSPS) is 12.2. The maximum Gasteiger partial charge on any atom is 0.219 e. The van der Waals surface area contributed by atoms with Crippen LogP contribution in [0.25, 0.3) is 0 Å². The van der Waals surface area contributed by atoms with Gasteiger partial charge in [-0.05, 0) is 19.8 Å². The summed E-state index contributed by atoms with van der Waals surface area (Å²) in [5.74, 6) is 2.05. The molecule has 1 unspecified atom stereocenters. The summed E-state index contributed by atoms with van der Waals surface area (Å²) in [6, 6.07) is 1.85.